The molecule has 196 valence electrons. The van der Waals surface area contributed by atoms with E-state index in [0.29, 0.717) is 91.1 Å². The van der Waals surface area contributed by atoms with E-state index in [2.05, 4.69) is 32.6 Å². The molecule has 0 atom stereocenters. The number of hydrogen-bond acceptors (Lipinski definition) is 8. The molecule has 1 aliphatic heterocycles. The highest BCUT2D eigenvalue weighted by molar-refractivity contribution is 5.76. The van der Waals surface area contributed by atoms with E-state index in [0.717, 1.165) is 32.8 Å². The fourth-order valence-corrected chi connectivity index (χ4v) is 3.22. The van der Waals surface area contributed by atoms with E-state index in [1.165, 1.54) is 0 Å². The smallest absolute Gasteiger partial charge is 0.224 e. The van der Waals surface area contributed by atoms with Gasteiger partial charge in [0.2, 0.25) is 5.91 Å². The summed E-state index contributed by atoms with van der Waals surface area (Å²) in [4.78, 5) is 16.6. The summed E-state index contributed by atoms with van der Waals surface area (Å²) in [5, 5.41) is 0. The third kappa shape index (κ3) is 17.3. The Morgan fingerprint density at radius 2 is 1.00 bits per heavy atom. The monoisotopic (exact) mass is 476 g/mol. The van der Waals surface area contributed by atoms with Crippen molar-refractivity contribution in [2.75, 3.05) is 105 Å². The lowest BCUT2D eigenvalue weighted by Gasteiger charge is -2.37. The molecule has 0 aromatic heterocycles. The molecular weight excluding hydrogens is 428 g/mol. The van der Waals surface area contributed by atoms with Gasteiger partial charge in [0.05, 0.1) is 79.1 Å². The van der Waals surface area contributed by atoms with Crippen LogP contribution in [0.15, 0.2) is 0 Å². The van der Waals surface area contributed by atoms with Gasteiger partial charge < -0.3 is 33.3 Å². The van der Waals surface area contributed by atoms with Crippen LogP contribution in [0.2, 0.25) is 0 Å². The van der Waals surface area contributed by atoms with E-state index < -0.39 is 0 Å². The van der Waals surface area contributed by atoms with E-state index >= 15 is 0 Å². The fourth-order valence-electron chi connectivity index (χ4n) is 3.22. The van der Waals surface area contributed by atoms with Crippen LogP contribution in [0.5, 0.6) is 0 Å². The molecule has 0 N–H and O–H groups in total. The highest BCUT2D eigenvalue weighted by Gasteiger charge is 2.21. The molecular formula is C24H48N2O7. The summed E-state index contributed by atoms with van der Waals surface area (Å²) in [5.74, 6) is 0.729. The minimum Gasteiger partial charge on any atom is -0.379 e. The van der Waals surface area contributed by atoms with Crippen molar-refractivity contribution in [1.82, 2.24) is 9.80 Å². The number of amides is 1. The average molecular weight is 477 g/mol. The van der Waals surface area contributed by atoms with Crippen LogP contribution in [0.1, 0.15) is 34.1 Å². The van der Waals surface area contributed by atoms with Gasteiger partial charge in [0, 0.05) is 38.8 Å². The van der Waals surface area contributed by atoms with Crippen molar-refractivity contribution in [2.24, 2.45) is 5.92 Å². The highest BCUT2D eigenvalue weighted by Crippen LogP contribution is 2.07. The largest absolute Gasteiger partial charge is 0.379 e. The van der Waals surface area contributed by atoms with Gasteiger partial charge in [0.15, 0.2) is 0 Å². The molecule has 0 radical (unpaired) electrons. The van der Waals surface area contributed by atoms with Gasteiger partial charge in [-0.3, -0.25) is 9.69 Å². The molecule has 0 aromatic rings. The molecule has 0 bridgehead atoms. The van der Waals surface area contributed by atoms with Crippen LogP contribution in [-0.4, -0.2) is 127 Å². The van der Waals surface area contributed by atoms with Gasteiger partial charge in [-0.05, 0) is 19.8 Å². The first-order valence-electron chi connectivity index (χ1n) is 12.5. The molecule has 0 aliphatic carbocycles. The number of carbonyl (C=O) groups is 1. The first kappa shape index (κ1) is 30.2. The predicted molar refractivity (Wildman–Crippen MR) is 128 cm³/mol. The molecule has 9 nitrogen and oxygen atoms in total. The van der Waals surface area contributed by atoms with Crippen LogP contribution in [-0.2, 0) is 33.2 Å². The molecule has 1 rings (SSSR count). The van der Waals surface area contributed by atoms with E-state index in [1.807, 2.05) is 4.90 Å². The lowest BCUT2D eigenvalue weighted by atomic mass is 10.2. The van der Waals surface area contributed by atoms with Crippen molar-refractivity contribution in [3.8, 4) is 0 Å². The van der Waals surface area contributed by atoms with Crippen molar-refractivity contribution >= 4 is 5.91 Å². The molecule has 1 heterocycles. The molecule has 1 amide bonds. The summed E-state index contributed by atoms with van der Waals surface area (Å²) in [5.41, 5.74) is 0. The maximum Gasteiger partial charge on any atom is 0.224 e. The zero-order valence-corrected chi connectivity index (χ0v) is 21.4. The SMILES string of the molecule is CC(C)COCCOCCOCCOCCOCCOCCC(=O)N1CCN(C(C)C)CC1. The first-order valence-corrected chi connectivity index (χ1v) is 12.5. The average Bonchev–Trinajstić information content (AvgIpc) is 2.80. The quantitative estimate of drug-likeness (QED) is 0.232. The maximum atomic E-state index is 12.2. The van der Waals surface area contributed by atoms with E-state index in [9.17, 15) is 4.79 Å². The summed E-state index contributed by atoms with van der Waals surface area (Å²) in [6, 6.07) is 0.541. The summed E-state index contributed by atoms with van der Waals surface area (Å²) >= 11 is 0. The lowest BCUT2D eigenvalue weighted by molar-refractivity contribution is -0.134. The normalized spacial score (nSPS) is 15.2. The third-order valence-electron chi connectivity index (χ3n) is 5.17. The maximum absolute atomic E-state index is 12.2. The van der Waals surface area contributed by atoms with Gasteiger partial charge in [0.1, 0.15) is 0 Å². The van der Waals surface area contributed by atoms with Crippen molar-refractivity contribution in [1.29, 1.82) is 0 Å². The van der Waals surface area contributed by atoms with Gasteiger partial charge in [-0.25, -0.2) is 0 Å². The summed E-state index contributed by atoms with van der Waals surface area (Å²) in [6.45, 7) is 18.8. The van der Waals surface area contributed by atoms with E-state index in [1.54, 1.807) is 0 Å². The molecule has 9 heteroatoms. The van der Waals surface area contributed by atoms with Crippen LogP contribution in [0, 0.1) is 5.92 Å². The van der Waals surface area contributed by atoms with E-state index in [4.69, 9.17) is 28.4 Å². The number of carbonyl (C=O) groups excluding carboxylic acids is 1. The molecule has 1 aliphatic rings. The van der Waals surface area contributed by atoms with Gasteiger partial charge >= 0.3 is 0 Å². The van der Waals surface area contributed by atoms with E-state index in [-0.39, 0.29) is 5.91 Å². The second-order valence-electron chi connectivity index (χ2n) is 8.79. The fraction of sp³-hybridized carbons (Fsp3) is 0.958. The number of piperazine rings is 1. The zero-order valence-electron chi connectivity index (χ0n) is 21.4. The Hall–Kier alpha value is -0.810. The molecule has 1 fully saturated rings. The van der Waals surface area contributed by atoms with Crippen LogP contribution in [0.3, 0.4) is 0 Å². The second-order valence-corrected chi connectivity index (χ2v) is 8.79. The van der Waals surface area contributed by atoms with Crippen molar-refractivity contribution in [3.05, 3.63) is 0 Å². The van der Waals surface area contributed by atoms with Gasteiger partial charge in [-0.1, -0.05) is 13.8 Å². The minimum atomic E-state index is 0.178. The molecule has 0 unspecified atom stereocenters. The Bertz CT molecular complexity index is 458. The molecule has 0 spiro atoms. The summed E-state index contributed by atoms with van der Waals surface area (Å²) in [7, 11) is 0. The third-order valence-corrected chi connectivity index (χ3v) is 5.17. The van der Waals surface area contributed by atoms with Gasteiger partial charge in [-0.2, -0.15) is 0 Å². The predicted octanol–water partition coefficient (Wildman–Crippen LogP) is 1.68. The summed E-state index contributed by atoms with van der Waals surface area (Å²) < 4.78 is 32.8. The van der Waals surface area contributed by atoms with Crippen molar-refractivity contribution in [3.63, 3.8) is 0 Å². The Balaban J connectivity index is 1.75. The molecule has 0 aromatic carbocycles. The highest BCUT2D eigenvalue weighted by atomic mass is 16.6. The second kappa shape index (κ2) is 20.6. The summed E-state index contributed by atoms with van der Waals surface area (Å²) in [6.07, 6.45) is 0.432. The Morgan fingerprint density at radius 1 is 0.606 bits per heavy atom. The van der Waals surface area contributed by atoms with Crippen molar-refractivity contribution < 1.29 is 33.2 Å². The zero-order chi connectivity index (χ0) is 24.2. The molecule has 0 saturated carbocycles. The minimum absolute atomic E-state index is 0.178. The topological polar surface area (TPSA) is 78.9 Å². The van der Waals surface area contributed by atoms with Crippen LogP contribution >= 0.6 is 0 Å². The number of nitrogens with zero attached hydrogens (tertiary/aromatic N) is 2. The van der Waals surface area contributed by atoms with Crippen LogP contribution in [0.25, 0.3) is 0 Å². The molecule has 1 saturated heterocycles. The standard InChI is InChI=1S/C24H48N2O7/c1-22(2)21-33-20-19-32-18-17-31-16-15-30-14-13-29-12-11-28-10-5-24(27)26-8-6-25(7-9-26)23(3)4/h22-23H,5-21H2,1-4H3. The number of hydrogen-bond donors (Lipinski definition) is 0. The lowest BCUT2D eigenvalue weighted by Crippen LogP contribution is -2.50. The van der Waals surface area contributed by atoms with Crippen LogP contribution in [0.4, 0.5) is 0 Å². The Labute approximate surface area is 200 Å². The van der Waals surface area contributed by atoms with Crippen molar-refractivity contribution in [2.45, 2.75) is 40.2 Å². The Kier molecular flexibility index (Phi) is 18.8. The number of ether oxygens (including phenoxy) is 6. The van der Waals surface area contributed by atoms with Gasteiger partial charge in [0.25, 0.3) is 0 Å². The number of rotatable bonds is 21. The van der Waals surface area contributed by atoms with Gasteiger partial charge in [-0.15, -0.1) is 0 Å². The van der Waals surface area contributed by atoms with Crippen LogP contribution < -0.4 is 0 Å². The molecule has 33 heavy (non-hydrogen) atoms. The Morgan fingerprint density at radius 3 is 1.39 bits per heavy atom. The first-order chi connectivity index (χ1) is 16.0.